The molecule has 1 heterocycles. The zero-order valence-corrected chi connectivity index (χ0v) is 11.1. The molecule has 3 nitrogen and oxygen atoms in total. The van der Waals surface area contributed by atoms with E-state index in [0.717, 1.165) is 12.0 Å². The number of hydrogen-bond acceptors (Lipinski definition) is 3. The van der Waals surface area contributed by atoms with Crippen LogP contribution in [0.4, 0.5) is 5.69 Å². The molecule has 1 aromatic carbocycles. The maximum atomic E-state index is 11.8. The summed E-state index contributed by atoms with van der Waals surface area (Å²) in [5, 5.41) is 4.69. The summed E-state index contributed by atoms with van der Waals surface area (Å²) in [4.78, 5) is 12.4. The fourth-order valence-corrected chi connectivity index (χ4v) is 2.39. The zero-order chi connectivity index (χ0) is 13.0. The molecule has 0 saturated heterocycles. The van der Waals surface area contributed by atoms with Crippen molar-refractivity contribution < 1.29 is 4.79 Å². The van der Waals surface area contributed by atoms with E-state index in [4.69, 9.17) is 5.73 Å². The van der Waals surface area contributed by atoms with E-state index < -0.39 is 0 Å². The lowest BCUT2D eigenvalue weighted by molar-refractivity contribution is 0.0956. The summed E-state index contributed by atoms with van der Waals surface area (Å²) >= 11 is 1.36. The Bertz CT molecular complexity index is 531. The smallest absolute Gasteiger partial charge is 0.263 e. The highest BCUT2D eigenvalue weighted by atomic mass is 32.1. The molecule has 1 aromatic heterocycles. The van der Waals surface area contributed by atoms with Crippen molar-refractivity contribution in [1.82, 2.24) is 5.32 Å². The molecule has 0 atom stereocenters. The second-order valence-electron chi connectivity index (χ2n) is 4.06. The summed E-state index contributed by atoms with van der Waals surface area (Å²) < 4.78 is 0. The normalized spacial score (nSPS) is 10.3. The Labute approximate surface area is 111 Å². The lowest BCUT2D eigenvalue weighted by Gasteiger charge is -2.05. The van der Waals surface area contributed by atoms with Crippen LogP contribution >= 0.6 is 11.3 Å². The van der Waals surface area contributed by atoms with Crippen molar-refractivity contribution in [2.45, 2.75) is 19.9 Å². The number of rotatable bonds is 4. The first kappa shape index (κ1) is 12.6. The molecule has 94 valence electrons. The van der Waals surface area contributed by atoms with Gasteiger partial charge in [-0.15, -0.1) is 11.3 Å². The standard InChI is InChI=1S/C14H16N2OS/c1-2-10-3-5-11(6-4-10)9-16-14(17)13-12(15)7-8-18-13/h3-8H,2,9,15H2,1H3,(H,16,17). The first-order chi connectivity index (χ1) is 8.70. The molecule has 1 amide bonds. The summed E-state index contributed by atoms with van der Waals surface area (Å²) in [5.41, 5.74) is 8.63. The molecule has 18 heavy (non-hydrogen) atoms. The molecule has 3 N–H and O–H groups in total. The number of anilines is 1. The van der Waals surface area contributed by atoms with Crippen LogP contribution in [0.5, 0.6) is 0 Å². The predicted molar refractivity (Wildman–Crippen MR) is 75.7 cm³/mol. The molecule has 0 spiro atoms. The third-order valence-electron chi connectivity index (χ3n) is 2.79. The van der Waals surface area contributed by atoms with Gasteiger partial charge in [0.05, 0.1) is 5.69 Å². The molecule has 0 radical (unpaired) electrons. The van der Waals surface area contributed by atoms with Gasteiger partial charge in [0, 0.05) is 6.54 Å². The Morgan fingerprint density at radius 3 is 2.44 bits per heavy atom. The van der Waals surface area contributed by atoms with Crippen LogP contribution in [0.1, 0.15) is 27.7 Å². The Hall–Kier alpha value is -1.81. The highest BCUT2D eigenvalue weighted by molar-refractivity contribution is 7.12. The average molecular weight is 260 g/mol. The maximum absolute atomic E-state index is 11.8. The summed E-state index contributed by atoms with van der Waals surface area (Å²) in [6, 6.07) is 9.99. The molecule has 0 fully saturated rings. The van der Waals surface area contributed by atoms with Gasteiger partial charge in [0.1, 0.15) is 4.88 Å². The largest absolute Gasteiger partial charge is 0.397 e. The Morgan fingerprint density at radius 1 is 1.22 bits per heavy atom. The van der Waals surface area contributed by atoms with Crippen LogP contribution in [0.25, 0.3) is 0 Å². The van der Waals surface area contributed by atoms with Crippen LogP contribution in [0.2, 0.25) is 0 Å². The van der Waals surface area contributed by atoms with Crippen LogP contribution in [0.3, 0.4) is 0 Å². The van der Waals surface area contributed by atoms with Crippen molar-refractivity contribution in [2.75, 3.05) is 5.73 Å². The number of hydrogen-bond donors (Lipinski definition) is 2. The topological polar surface area (TPSA) is 55.1 Å². The van der Waals surface area contributed by atoms with E-state index in [2.05, 4.69) is 24.4 Å². The highest BCUT2D eigenvalue weighted by Crippen LogP contribution is 2.18. The van der Waals surface area contributed by atoms with Gasteiger partial charge < -0.3 is 11.1 Å². The van der Waals surface area contributed by atoms with E-state index in [1.165, 1.54) is 16.9 Å². The highest BCUT2D eigenvalue weighted by Gasteiger charge is 2.10. The van der Waals surface area contributed by atoms with E-state index in [0.29, 0.717) is 17.1 Å². The zero-order valence-electron chi connectivity index (χ0n) is 10.3. The molecule has 0 aliphatic rings. The van der Waals surface area contributed by atoms with E-state index in [9.17, 15) is 4.79 Å². The first-order valence-electron chi connectivity index (χ1n) is 5.89. The predicted octanol–water partition coefficient (Wildman–Crippen LogP) is 2.82. The number of amides is 1. The van der Waals surface area contributed by atoms with E-state index in [1.807, 2.05) is 17.5 Å². The molecule has 0 aliphatic heterocycles. The number of nitrogen functional groups attached to an aromatic ring is 1. The quantitative estimate of drug-likeness (QED) is 0.888. The molecular formula is C14H16N2OS. The van der Waals surface area contributed by atoms with Crippen LogP contribution in [0.15, 0.2) is 35.7 Å². The van der Waals surface area contributed by atoms with Gasteiger partial charge >= 0.3 is 0 Å². The van der Waals surface area contributed by atoms with Gasteiger partial charge in [0.25, 0.3) is 5.91 Å². The lowest BCUT2D eigenvalue weighted by Crippen LogP contribution is -2.22. The summed E-state index contributed by atoms with van der Waals surface area (Å²) in [6.07, 6.45) is 1.03. The number of carbonyl (C=O) groups is 1. The van der Waals surface area contributed by atoms with Crippen LogP contribution in [-0.4, -0.2) is 5.91 Å². The summed E-state index contributed by atoms with van der Waals surface area (Å²) in [7, 11) is 0. The number of aryl methyl sites for hydroxylation is 1. The number of nitrogens with two attached hydrogens (primary N) is 1. The molecule has 0 unspecified atom stereocenters. The van der Waals surface area contributed by atoms with Gasteiger partial charge in [0.2, 0.25) is 0 Å². The van der Waals surface area contributed by atoms with Crippen molar-refractivity contribution >= 4 is 22.9 Å². The minimum absolute atomic E-state index is 0.109. The third-order valence-corrected chi connectivity index (χ3v) is 3.72. The second kappa shape index (κ2) is 5.69. The number of thiophene rings is 1. The number of benzene rings is 1. The van der Waals surface area contributed by atoms with Gasteiger partial charge in [0.15, 0.2) is 0 Å². The van der Waals surface area contributed by atoms with Crippen molar-refractivity contribution in [3.63, 3.8) is 0 Å². The van der Waals surface area contributed by atoms with E-state index in [1.54, 1.807) is 6.07 Å². The third kappa shape index (κ3) is 2.90. The van der Waals surface area contributed by atoms with Gasteiger partial charge in [-0.05, 0) is 29.0 Å². The number of nitrogens with one attached hydrogen (secondary N) is 1. The van der Waals surface area contributed by atoms with Gasteiger partial charge in [-0.1, -0.05) is 31.2 Å². The van der Waals surface area contributed by atoms with Crippen LogP contribution in [-0.2, 0) is 13.0 Å². The molecule has 2 aromatic rings. The average Bonchev–Trinajstić information content (AvgIpc) is 2.83. The number of carbonyl (C=O) groups excluding carboxylic acids is 1. The van der Waals surface area contributed by atoms with Crippen molar-refractivity contribution in [2.24, 2.45) is 0 Å². The molecular weight excluding hydrogens is 244 g/mol. The van der Waals surface area contributed by atoms with E-state index >= 15 is 0 Å². The Kier molecular flexibility index (Phi) is 3.99. The molecule has 2 rings (SSSR count). The SMILES string of the molecule is CCc1ccc(CNC(=O)c2sccc2N)cc1. The Balaban J connectivity index is 1.95. The molecule has 4 heteroatoms. The second-order valence-corrected chi connectivity index (χ2v) is 4.97. The van der Waals surface area contributed by atoms with Crippen molar-refractivity contribution in [3.05, 3.63) is 51.7 Å². The van der Waals surface area contributed by atoms with Crippen molar-refractivity contribution in [3.8, 4) is 0 Å². The molecule has 0 saturated carbocycles. The summed E-state index contributed by atoms with van der Waals surface area (Å²) in [6.45, 7) is 2.65. The van der Waals surface area contributed by atoms with Gasteiger partial charge in [-0.25, -0.2) is 0 Å². The van der Waals surface area contributed by atoms with Crippen molar-refractivity contribution in [1.29, 1.82) is 0 Å². The molecule has 0 bridgehead atoms. The monoisotopic (exact) mass is 260 g/mol. The summed E-state index contributed by atoms with van der Waals surface area (Å²) in [5.74, 6) is -0.109. The van der Waals surface area contributed by atoms with E-state index in [-0.39, 0.29) is 5.91 Å². The minimum atomic E-state index is -0.109. The maximum Gasteiger partial charge on any atom is 0.263 e. The van der Waals surface area contributed by atoms with Crippen LogP contribution < -0.4 is 11.1 Å². The lowest BCUT2D eigenvalue weighted by atomic mass is 10.1. The van der Waals surface area contributed by atoms with Gasteiger partial charge in [-0.2, -0.15) is 0 Å². The van der Waals surface area contributed by atoms with Crippen LogP contribution in [0, 0.1) is 0 Å². The molecule has 0 aliphatic carbocycles. The van der Waals surface area contributed by atoms with Gasteiger partial charge in [-0.3, -0.25) is 4.79 Å². The fourth-order valence-electron chi connectivity index (χ4n) is 1.66. The Morgan fingerprint density at radius 2 is 1.89 bits per heavy atom. The minimum Gasteiger partial charge on any atom is -0.397 e. The first-order valence-corrected chi connectivity index (χ1v) is 6.77. The fraction of sp³-hybridized carbons (Fsp3) is 0.214.